The summed E-state index contributed by atoms with van der Waals surface area (Å²) >= 11 is 0. The number of cyclic esters (lactones) is 1. The van der Waals surface area contributed by atoms with Crippen LogP contribution < -0.4 is 0 Å². The maximum absolute atomic E-state index is 13.5. The quantitative estimate of drug-likeness (QED) is 0.479. The third-order valence-corrected chi connectivity index (χ3v) is 7.08. The summed E-state index contributed by atoms with van der Waals surface area (Å²) in [6.07, 6.45) is 0.255. The molecule has 1 atom stereocenters. The van der Waals surface area contributed by atoms with Crippen molar-refractivity contribution < 1.29 is 32.4 Å². The SMILES string of the molecule is CCN(CC)CCN1OC(=O)/C=C\C(=O)OC(CS(=O)(=O)c2ccc(C)cc2)N(C(C)C)C1=O. The standard InChI is InChI=1S/C23H33N3O7S/c1-6-24(7-2)14-15-25-23(29)26(17(3)4)20(32-21(27)12-13-22(28)33-25)16-34(30,31)19-10-8-18(5)9-11-19/h8-13,17,20H,6-7,14-16H2,1-5H3/b13-12-. The molecule has 34 heavy (non-hydrogen) atoms. The average molecular weight is 496 g/mol. The van der Waals surface area contributed by atoms with Gasteiger partial charge in [-0.3, -0.25) is 4.90 Å². The Morgan fingerprint density at radius 3 is 2.15 bits per heavy atom. The van der Waals surface area contributed by atoms with E-state index in [0.717, 1.165) is 40.8 Å². The monoisotopic (exact) mass is 495 g/mol. The van der Waals surface area contributed by atoms with Crippen molar-refractivity contribution in [1.29, 1.82) is 0 Å². The van der Waals surface area contributed by atoms with E-state index in [0.29, 0.717) is 6.54 Å². The summed E-state index contributed by atoms with van der Waals surface area (Å²) in [5, 5.41) is 0.885. The minimum absolute atomic E-state index is 0.0442. The Bertz CT molecular complexity index is 1000. The second kappa shape index (κ2) is 12.0. The van der Waals surface area contributed by atoms with Crippen LogP contribution in [-0.4, -0.2) is 85.5 Å². The van der Waals surface area contributed by atoms with Gasteiger partial charge < -0.3 is 14.5 Å². The van der Waals surface area contributed by atoms with Gasteiger partial charge in [-0.15, -0.1) is 0 Å². The molecule has 2 amide bonds. The van der Waals surface area contributed by atoms with Crippen molar-refractivity contribution in [2.24, 2.45) is 0 Å². The van der Waals surface area contributed by atoms with Crippen LogP contribution in [0.4, 0.5) is 4.79 Å². The lowest BCUT2D eigenvalue weighted by atomic mass is 10.2. The van der Waals surface area contributed by atoms with Gasteiger partial charge in [0.2, 0.25) is 0 Å². The van der Waals surface area contributed by atoms with Crippen LogP contribution in [0.2, 0.25) is 0 Å². The van der Waals surface area contributed by atoms with Crippen molar-refractivity contribution in [2.45, 2.75) is 51.8 Å². The van der Waals surface area contributed by atoms with Crippen LogP contribution in [0, 0.1) is 6.92 Å². The van der Waals surface area contributed by atoms with E-state index in [4.69, 9.17) is 9.57 Å². The van der Waals surface area contributed by atoms with Gasteiger partial charge in [0.25, 0.3) is 0 Å². The Labute approximate surface area is 201 Å². The van der Waals surface area contributed by atoms with Gasteiger partial charge in [0, 0.05) is 24.7 Å². The topological polar surface area (TPSA) is 114 Å². The second-order valence-electron chi connectivity index (χ2n) is 8.14. The number of benzene rings is 1. The molecule has 11 heteroatoms. The zero-order chi connectivity index (χ0) is 25.5. The summed E-state index contributed by atoms with van der Waals surface area (Å²) in [6, 6.07) is 4.90. The molecule has 0 saturated carbocycles. The van der Waals surface area contributed by atoms with Crippen molar-refractivity contribution in [3.8, 4) is 0 Å². The summed E-state index contributed by atoms with van der Waals surface area (Å²) in [6.45, 7) is 11.0. The molecule has 2 rings (SSSR count). The molecule has 188 valence electrons. The summed E-state index contributed by atoms with van der Waals surface area (Å²) in [7, 11) is -3.93. The maximum atomic E-state index is 13.5. The van der Waals surface area contributed by atoms with E-state index in [1.807, 2.05) is 25.7 Å². The Kier molecular flexibility index (Phi) is 9.63. The minimum Gasteiger partial charge on any atom is -0.437 e. The Morgan fingerprint density at radius 2 is 1.59 bits per heavy atom. The number of urea groups is 1. The van der Waals surface area contributed by atoms with Gasteiger partial charge in [0.1, 0.15) is 5.75 Å². The van der Waals surface area contributed by atoms with Gasteiger partial charge in [0.15, 0.2) is 16.1 Å². The molecule has 0 spiro atoms. The molecule has 0 bridgehead atoms. The van der Waals surface area contributed by atoms with Crippen LogP contribution in [0.25, 0.3) is 0 Å². The Balaban J connectivity index is 2.43. The van der Waals surface area contributed by atoms with Crippen molar-refractivity contribution in [3.63, 3.8) is 0 Å². The molecule has 0 fully saturated rings. The van der Waals surface area contributed by atoms with Crippen LogP contribution in [0.3, 0.4) is 0 Å². The number of esters is 1. The van der Waals surface area contributed by atoms with Crippen LogP contribution in [-0.2, 0) is 29.0 Å². The van der Waals surface area contributed by atoms with E-state index in [1.165, 1.54) is 12.1 Å². The predicted octanol–water partition coefficient (Wildman–Crippen LogP) is 2.14. The minimum atomic E-state index is -3.93. The summed E-state index contributed by atoms with van der Waals surface area (Å²) in [4.78, 5) is 46.3. The number of carbonyl (C=O) groups excluding carboxylic acids is 3. The number of rotatable bonds is 9. The van der Waals surface area contributed by atoms with Gasteiger partial charge in [-0.2, -0.15) is 5.06 Å². The van der Waals surface area contributed by atoms with Crippen LogP contribution in [0.15, 0.2) is 41.3 Å². The summed E-state index contributed by atoms with van der Waals surface area (Å²) in [5.74, 6) is -2.53. The Morgan fingerprint density at radius 1 is 1.00 bits per heavy atom. The highest BCUT2D eigenvalue weighted by Crippen LogP contribution is 2.20. The lowest BCUT2D eigenvalue weighted by molar-refractivity contribution is -0.179. The van der Waals surface area contributed by atoms with Crippen molar-refractivity contribution in [1.82, 2.24) is 14.9 Å². The van der Waals surface area contributed by atoms with Crippen molar-refractivity contribution in [2.75, 3.05) is 31.9 Å². The van der Waals surface area contributed by atoms with Crippen LogP contribution >= 0.6 is 0 Å². The van der Waals surface area contributed by atoms with Gasteiger partial charge in [0.05, 0.1) is 11.4 Å². The number of amides is 2. The first kappa shape index (κ1) is 27.3. The summed E-state index contributed by atoms with van der Waals surface area (Å²) < 4.78 is 31.6. The normalized spacial score (nSPS) is 18.8. The molecule has 1 aromatic carbocycles. The lowest BCUT2D eigenvalue weighted by Gasteiger charge is -2.37. The third-order valence-electron chi connectivity index (χ3n) is 5.36. The molecule has 0 aliphatic carbocycles. The molecule has 1 aliphatic heterocycles. The number of ether oxygens (including phenoxy) is 1. The smallest absolute Gasteiger partial charge is 0.356 e. The van der Waals surface area contributed by atoms with Gasteiger partial charge in [-0.1, -0.05) is 31.5 Å². The molecule has 1 aliphatic rings. The molecule has 0 radical (unpaired) electrons. The molecule has 10 nitrogen and oxygen atoms in total. The molecular formula is C23H33N3O7S. The first-order valence-electron chi connectivity index (χ1n) is 11.2. The van der Waals surface area contributed by atoms with Crippen LogP contribution in [0.1, 0.15) is 33.3 Å². The van der Waals surface area contributed by atoms with E-state index >= 15 is 0 Å². The number of hydrogen-bond acceptors (Lipinski definition) is 8. The predicted molar refractivity (Wildman–Crippen MR) is 125 cm³/mol. The fourth-order valence-electron chi connectivity index (χ4n) is 3.41. The van der Waals surface area contributed by atoms with Gasteiger partial charge in [-0.25, -0.2) is 22.8 Å². The third kappa shape index (κ3) is 7.29. The molecule has 1 aromatic rings. The fraction of sp³-hybridized carbons (Fsp3) is 0.522. The molecular weight excluding hydrogens is 462 g/mol. The highest BCUT2D eigenvalue weighted by Gasteiger charge is 2.38. The molecule has 0 aromatic heterocycles. The van der Waals surface area contributed by atoms with Crippen molar-refractivity contribution >= 4 is 27.8 Å². The van der Waals surface area contributed by atoms with E-state index < -0.39 is 45.8 Å². The first-order valence-corrected chi connectivity index (χ1v) is 12.9. The Hall–Kier alpha value is -2.92. The number of sulfone groups is 1. The number of aryl methyl sites for hydroxylation is 1. The number of carbonyl (C=O) groups is 3. The number of nitrogens with zero attached hydrogens (tertiary/aromatic N) is 3. The zero-order valence-electron chi connectivity index (χ0n) is 20.3. The van der Waals surface area contributed by atoms with E-state index in [-0.39, 0.29) is 11.4 Å². The zero-order valence-corrected chi connectivity index (χ0v) is 21.1. The number of hydrogen-bond donors (Lipinski definition) is 0. The van der Waals surface area contributed by atoms with E-state index in [9.17, 15) is 22.8 Å². The number of hydroxylamine groups is 2. The second-order valence-corrected chi connectivity index (χ2v) is 10.2. The first-order chi connectivity index (χ1) is 16.0. The highest BCUT2D eigenvalue weighted by molar-refractivity contribution is 7.91. The lowest BCUT2D eigenvalue weighted by Crippen LogP contribution is -2.56. The average Bonchev–Trinajstić information content (AvgIpc) is 2.76. The highest BCUT2D eigenvalue weighted by atomic mass is 32.2. The van der Waals surface area contributed by atoms with E-state index in [2.05, 4.69) is 0 Å². The maximum Gasteiger partial charge on any atom is 0.356 e. The van der Waals surface area contributed by atoms with Crippen LogP contribution in [0.5, 0.6) is 0 Å². The van der Waals surface area contributed by atoms with Crippen molar-refractivity contribution in [3.05, 3.63) is 42.0 Å². The molecule has 1 unspecified atom stereocenters. The molecule has 0 N–H and O–H groups in total. The van der Waals surface area contributed by atoms with Gasteiger partial charge >= 0.3 is 18.0 Å². The largest absolute Gasteiger partial charge is 0.437 e. The molecule has 0 saturated heterocycles. The number of likely N-dealkylation sites (N-methyl/N-ethyl adjacent to an activating group) is 1. The summed E-state index contributed by atoms with van der Waals surface area (Å²) in [5.41, 5.74) is 0.888. The molecule has 1 heterocycles. The van der Waals surface area contributed by atoms with E-state index in [1.54, 1.807) is 26.0 Å². The fourth-order valence-corrected chi connectivity index (χ4v) is 4.75. The van der Waals surface area contributed by atoms with Gasteiger partial charge in [-0.05, 0) is 46.0 Å².